The summed E-state index contributed by atoms with van der Waals surface area (Å²) in [5.41, 5.74) is -1.64. The van der Waals surface area contributed by atoms with Crippen molar-refractivity contribution in [3.63, 3.8) is 0 Å². The zero-order chi connectivity index (χ0) is 45.2. The highest BCUT2D eigenvalue weighted by Crippen LogP contribution is 2.42. The monoisotopic (exact) mass is 858 g/mol. The van der Waals surface area contributed by atoms with Crippen molar-refractivity contribution >= 4 is 29.6 Å². The summed E-state index contributed by atoms with van der Waals surface area (Å²) in [6, 6.07) is 22.9. The van der Waals surface area contributed by atoms with Gasteiger partial charge in [-0.25, -0.2) is 18.7 Å². The van der Waals surface area contributed by atoms with Gasteiger partial charge in [0.05, 0.1) is 22.5 Å². The number of carbonyl (C=O) groups is 4. The number of anilines is 1. The quantitative estimate of drug-likeness (QED) is 0.0634. The van der Waals surface area contributed by atoms with Gasteiger partial charge in [0.2, 0.25) is 5.91 Å². The van der Waals surface area contributed by atoms with Crippen LogP contribution in [-0.2, 0) is 27.8 Å². The standard InChI is InChI=1S/C35H36F4N6O4.C11H14O2/c1-21(2)15-31(46)43-34(13-12-22-8-9-22,25-6-4-14-40-20-25)24-10-11-27(36)28(17-24)42-32(47)29-18-30(35(37,38)39)44-45(29)26-7-3-5-23(16-26)19-41-33(48)49;1-11(2,3)13-10(12)9-7-5-4-6-8-9/h3-7,10-11,14,16-18,20-22,41H,8-9,12-13,15,19H2,1-2H3,(H,42,47)(H,43,46)(H,48,49);4-8H,1-3H3. The van der Waals surface area contributed by atoms with Crippen LogP contribution in [0.15, 0.2) is 103 Å². The molecule has 3 amide bonds. The SMILES string of the molecule is CC(C)(C)OC(=O)c1ccccc1.CC(C)CC(=O)NC(CCC1CC1)(c1cccnc1)c1ccc(F)c(NC(=O)c2cc(C(F)(F)F)nn2-c2cccc(CNC(=O)O)c2)c1. The molecule has 4 N–H and O–H groups in total. The van der Waals surface area contributed by atoms with Gasteiger partial charge in [-0.15, -0.1) is 0 Å². The van der Waals surface area contributed by atoms with Gasteiger partial charge in [0.25, 0.3) is 5.91 Å². The molecule has 0 aliphatic heterocycles. The van der Waals surface area contributed by atoms with E-state index in [1.165, 1.54) is 30.3 Å². The van der Waals surface area contributed by atoms with Crippen LogP contribution >= 0.6 is 0 Å². The summed E-state index contributed by atoms with van der Waals surface area (Å²) in [4.78, 5) is 53.7. The highest BCUT2D eigenvalue weighted by molar-refractivity contribution is 6.03. The number of rotatable bonds is 14. The van der Waals surface area contributed by atoms with Crippen molar-refractivity contribution in [1.29, 1.82) is 0 Å². The van der Waals surface area contributed by atoms with E-state index in [1.807, 2.05) is 58.9 Å². The van der Waals surface area contributed by atoms with Crippen molar-refractivity contribution in [1.82, 2.24) is 25.4 Å². The number of benzene rings is 3. The Morgan fingerprint density at radius 1 is 0.903 bits per heavy atom. The van der Waals surface area contributed by atoms with E-state index >= 15 is 4.39 Å². The molecule has 1 aliphatic carbocycles. The van der Waals surface area contributed by atoms with Gasteiger partial charge in [-0.05, 0) is 99.0 Å². The second-order valence-corrected chi connectivity index (χ2v) is 16.4. The third-order valence-corrected chi connectivity index (χ3v) is 9.67. The first-order valence-electron chi connectivity index (χ1n) is 20.1. The number of ether oxygens (including phenoxy) is 1. The van der Waals surface area contributed by atoms with Gasteiger partial charge in [-0.1, -0.05) is 69.2 Å². The summed E-state index contributed by atoms with van der Waals surface area (Å²) < 4.78 is 62.9. The molecule has 62 heavy (non-hydrogen) atoms. The van der Waals surface area contributed by atoms with Crippen molar-refractivity contribution in [2.75, 3.05) is 5.32 Å². The molecule has 3 aromatic carbocycles. The van der Waals surface area contributed by atoms with Crippen LogP contribution in [0.2, 0.25) is 0 Å². The number of aromatic nitrogens is 3. The van der Waals surface area contributed by atoms with Crippen molar-refractivity contribution < 1.29 is 46.6 Å². The third-order valence-electron chi connectivity index (χ3n) is 9.67. The second-order valence-electron chi connectivity index (χ2n) is 16.4. The van der Waals surface area contributed by atoms with E-state index in [1.54, 1.807) is 36.7 Å². The van der Waals surface area contributed by atoms with Gasteiger partial charge in [-0.2, -0.15) is 18.3 Å². The van der Waals surface area contributed by atoms with Crippen molar-refractivity contribution in [3.05, 3.63) is 143 Å². The van der Waals surface area contributed by atoms with Crippen LogP contribution in [0.3, 0.4) is 0 Å². The minimum atomic E-state index is -4.91. The lowest BCUT2D eigenvalue weighted by molar-refractivity contribution is -0.141. The molecule has 16 heteroatoms. The molecular weight excluding hydrogens is 809 g/mol. The maximum absolute atomic E-state index is 15.4. The van der Waals surface area contributed by atoms with Crippen LogP contribution < -0.4 is 16.0 Å². The molecule has 1 atom stereocenters. The fourth-order valence-corrected chi connectivity index (χ4v) is 6.60. The average molecular weight is 859 g/mol. The Hall–Kier alpha value is -6.58. The molecule has 0 saturated heterocycles. The molecular formula is C46H50F4N6O6. The van der Waals surface area contributed by atoms with Gasteiger partial charge in [0, 0.05) is 37.0 Å². The topological polar surface area (TPSA) is 165 Å². The Morgan fingerprint density at radius 2 is 1.63 bits per heavy atom. The lowest BCUT2D eigenvalue weighted by atomic mass is 9.78. The van der Waals surface area contributed by atoms with Crippen LogP contribution in [0.5, 0.6) is 0 Å². The van der Waals surface area contributed by atoms with E-state index in [2.05, 4.69) is 26.0 Å². The Balaban J connectivity index is 0.000000478. The van der Waals surface area contributed by atoms with Crippen LogP contribution in [0.1, 0.15) is 110 Å². The predicted molar refractivity (Wildman–Crippen MR) is 224 cm³/mol. The molecule has 12 nitrogen and oxygen atoms in total. The zero-order valence-corrected chi connectivity index (χ0v) is 35.1. The fourth-order valence-electron chi connectivity index (χ4n) is 6.60. The van der Waals surface area contributed by atoms with Gasteiger partial charge >= 0.3 is 18.2 Å². The number of halogens is 4. The number of esters is 1. The minimum Gasteiger partial charge on any atom is -0.465 e. The molecule has 6 rings (SSSR count). The van der Waals surface area contributed by atoms with Crippen molar-refractivity contribution in [2.24, 2.45) is 11.8 Å². The van der Waals surface area contributed by atoms with E-state index in [0.29, 0.717) is 40.7 Å². The molecule has 2 aromatic heterocycles. The number of amides is 3. The van der Waals surface area contributed by atoms with Crippen LogP contribution in [0.4, 0.5) is 28.0 Å². The third kappa shape index (κ3) is 13.0. The lowest BCUT2D eigenvalue weighted by Crippen LogP contribution is -2.47. The first kappa shape index (κ1) is 46.5. The molecule has 5 aromatic rings. The highest BCUT2D eigenvalue weighted by Gasteiger charge is 2.39. The predicted octanol–water partition coefficient (Wildman–Crippen LogP) is 9.68. The lowest BCUT2D eigenvalue weighted by Gasteiger charge is -2.37. The Kier molecular flexibility index (Phi) is 14.9. The number of alkyl halides is 3. The van der Waals surface area contributed by atoms with Gasteiger partial charge in [0.1, 0.15) is 17.1 Å². The summed E-state index contributed by atoms with van der Waals surface area (Å²) >= 11 is 0. The van der Waals surface area contributed by atoms with E-state index < -0.39 is 46.5 Å². The number of nitrogens with zero attached hydrogens (tertiary/aromatic N) is 3. The number of carbonyl (C=O) groups excluding carboxylic acids is 3. The maximum Gasteiger partial charge on any atom is 0.435 e. The Morgan fingerprint density at radius 3 is 2.24 bits per heavy atom. The zero-order valence-electron chi connectivity index (χ0n) is 35.1. The first-order valence-corrected chi connectivity index (χ1v) is 20.1. The largest absolute Gasteiger partial charge is 0.465 e. The molecule has 1 fully saturated rings. The Labute approximate surface area is 357 Å². The smallest absolute Gasteiger partial charge is 0.435 e. The summed E-state index contributed by atoms with van der Waals surface area (Å²) in [6.07, 6.45) is 0.577. The molecule has 1 aliphatic rings. The summed E-state index contributed by atoms with van der Waals surface area (Å²) in [7, 11) is 0. The average Bonchev–Trinajstić information content (AvgIpc) is 3.93. The normalized spacial score (nSPS) is 13.6. The van der Waals surface area contributed by atoms with Crippen LogP contribution in [-0.4, -0.2) is 49.3 Å². The fraction of sp³-hybridized carbons (Fsp3) is 0.348. The van der Waals surface area contributed by atoms with Gasteiger partial charge in [-0.3, -0.25) is 14.6 Å². The molecule has 1 unspecified atom stereocenters. The van der Waals surface area contributed by atoms with E-state index in [-0.39, 0.29) is 42.1 Å². The first-order chi connectivity index (χ1) is 29.2. The van der Waals surface area contributed by atoms with Gasteiger partial charge < -0.3 is 25.8 Å². The van der Waals surface area contributed by atoms with Gasteiger partial charge in [0.15, 0.2) is 5.69 Å². The number of nitrogens with one attached hydrogen (secondary N) is 3. The second kappa shape index (κ2) is 19.9. The van der Waals surface area contributed by atoms with E-state index in [9.17, 15) is 32.3 Å². The van der Waals surface area contributed by atoms with E-state index in [4.69, 9.17) is 9.84 Å². The van der Waals surface area contributed by atoms with E-state index in [0.717, 1.165) is 30.0 Å². The number of hydrogen-bond acceptors (Lipinski definition) is 7. The van der Waals surface area contributed by atoms with Crippen LogP contribution in [0.25, 0.3) is 5.69 Å². The molecule has 0 radical (unpaired) electrons. The molecule has 328 valence electrons. The minimum absolute atomic E-state index is 0.0445. The number of carboxylic acid groups (broad SMARTS) is 1. The molecule has 1 saturated carbocycles. The highest BCUT2D eigenvalue weighted by atomic mass is 19.4. The molecule has 0 spiro atoms. The van der Waals surface area contributed by atoms with Crippen molar-refractivity contribution in [3.8, 4) is 5.69 Å². The van der Waals surface area contributed by atoms with Crippen molar-refractivity contribution in [2.45, 2.75) is 90.6 Å². The molecule has 2 heterocycles. The Bertz CT molecular complexity index is 2340. The summed E-state index contributed by atoms with van der Waals surface area (Å²) in [5, 5.41) is 20.3. The maximum atomic E-state index is 15.4. The summed E-state index contributed by atoms with van der Waals surface area (Å²) in [6.45, 7) is 9.25. The summed E-state index contributed by atoms with van der Waals surface area (Å²) in [5.74, 6) is -1.90. The number of hydrogen-bond donors (Lipinski definition) is 4. The van der Waals surface area contributed by atoms with Crippen LogP contribution in [0, 0.1) is 17.7 Å². The molecule has 0 bridgehead atoms. The number of pyridine rings is 1.